The van der Waals surface area contributed by atoms with Gasteiger partial charge in [0.2, 0.25) is 11.8 Å². The van der Waals surface area contributed by atoms with Crippen molar-refractivity contribution in [3.05, 3.63) is 35.6 Å². The van der Waals surface area contributed by atoms with Crippen LogP contribution in [0.2, 0.25) is 0 Å². The molecule has 1 saturated heterocycles. The van der Waals surface area contributed by atoms with Crippen molar-refractivity contribution in [2.24, 2.45) is 5.92 Å². The summed E-state index contributed by atoms with van der Waals surface area (Å²) < 4.78 is 19.1. The van der Waals surface area contributed by atoms with E-state index in [0.717, 1.165) is 44.3 Å². The quantitative estimate of drug-likeness (QED) is 0.758. The molecule has 2 amide bonds. The predicted molar refractivity (Wildman–Crippen MR) is 99.5 cm³/mol. The number of nitrogens with zero attached hydrogens (tertiary/aromatic N) is 1. The van der Waals surface area contributed by atoms with Crippen LogP contribution < -0.4 is 10.6 Å². The van der Waals surface area contributed by atoms with Gasteiger partial charge in [-0.05, 0) is 30.5 Å². The highest BCUT2D eigenvalue weighted by molar-refractivity contribution is 5.85. The number of hydrogen-bond donors (Lipinski definition) is 2. The fourth-order valence-corrected chi connectivity index (χ4v) is 3.83. The Kier molecular flexibility index (Phi) is 7.18. The maximum absolute atomic E-state index is 13.7. The number of amides is 2. The summed E-state index contributed by atoms with van der Waals surface area (Å²) in [7, 11) is 0. The zero-order valence-electron chi connectivity index (χ0n) is 15.6. The molecule has 2 fully saturated rings. The summed E-state index contributed by atoms with van der Waals surface area (Å²) in [6, 6.07) is 6.35. The lowest BCUT2D eigenvalue weighted by atomic mass is 10.0. The summed E-state index contributed by atoms with van der Waals surface area (Å²) in [5.41, 5.74) is 0.826. The molecular weight excluding hydrogens is 349 g/mol. The van der Waals surface area contributed by atoms with Crippen LogP contribution in [-0.4, -0.2) is 56.1 Å². The molecule has 0 radical (unpaired) electrons. The first-order valence-electron chi connectivity index (χ1n) is 9.75. The van der Waals surface area contributed by atoms with Crippen molar-refractivity contribution in [3.8, 4) is 0 Å². The summed E-state index contributed by atoms with van der Waals surface area (Å²) in [4.78, 5) is 26.4. The smallest absolute Gasteiger partial charge is 0.239 e. The average Bonchev–Trinajstić information content (AvgIpc) is 3.22. The molecule has 0 bridgehead atoms. The van der Waals surface area contributed by atoms with Crippen LogP contribution in [0.15, 0.2) is 24.3 Å². The minimum Gasteiger partial charge on any atom is -0.379 e. The molecule has 1 aromatic rings. The standard InChI is InChI=1S/C20H28FN3O3/c21-17-7-3-6-16(12-17)18(24-8-10-27-11-9-24)13-22-19(25)14-23-20(26)15-4-1-2-5-15/h3,6-7,12,15,18H,1-2,4-5,8-11,13-14H2,(H,22,25)(H,23,26). The van der Waals surface area contributed by atoms with Gasteiger partial charge in [-0.25, -0.2) is 4.39 Å². The fraction of sp³-hybridized carbons (Fsp3) is 0.600. The van der Waals surface area contributed by atoms with Crippen molar-refractivity contribution < 1.29 is 18.7 Å². The zero-order valence-corrected chi connectivity index (χ0v) is 15.6. The van der Waals surface area contributed by atoms with E-state index >= 15 is 0 Å². The lowest BCUT2D eigenvalue weighted by molar-refractivity contribution is -0.128. The Balaban J connectivity index is 1.53. The van der Waals surface area contributed by atoms with Crippen LogP contribution in [0.3, 0.4) is 0 Å². The molecule has 1 saturated carbocycles. The van der Waals surface area contributed by atoms with Crippen LogP contribution in [0, 0.1) is 11.7 Å². The third-order valence-electron chi connectivity index (χ3n) is 5.36. The predicted octanol–water partition coefficient (Wildman–Crippen LogP) is 1.62. The number of ether oxygens (including phenoxy) is 1. The first-order chi connectivity index (χ1) is 13.1. The summed E-state index contributed by atoms with van der Waals surface area (Å²) >= 11 is 0. The molecule has 1 aliphatic heterocycles. The number of morpholine rings is 1. The number of hydrogen-bond acceptors (Lipinski definition) is 4. The molecule has 1 aliphatic carbocycles. The monoisotopic (exact) mass is 377 g/mol. The molecule has 0 aromatic heterocycles. The maximum atomic E-state index is 13.7. The number of rotatable bonds is 7. The molecule has 2 N–H and O–H groups in total. The minimum atomic E-state index is -0.291. The number of halogens is 1. The topological polar surface area (TPSA) is 70.7 Å². The van der Waals surface area contributed by atoms with E-state index in [0.29, 0.717) is 19.8 Å². The zero-order chi connectivity index (χ0) is 19.1. The summed E-state index contributed by atoms with van der Waals surface area (Å²) in [6.45, 7) is 3.05. The fourth-order valence-electron chi connectivity index (χ4n) is 3.83. The van der Waals surface area contributed by atoms with Gasteiger partial charge in [0.1, 0.15) is 5.82 Å². The average molecular weight is 377 g/mol. The van der Waals surface area contributed by atoms with Crippen molar-refractivity contribution in [2.75, 3.05) is 39.4 Å². The molecule has 6 nitrogen and oxygen atoms in total. The normalized spacial score (nSPS) is 19.6. The lowest BCUT2D eigenvalue weighted by Gasteiger charge is -2.35. The molecule has 1 atom stereocenters. The van der Waals surface area contributed by atoms with Crippen molar-refractivity contribution in [3.63, 3.8) is 0 Å². The number of benzene rings is 1. The second-order valence-corrected chi connectivity index (χ2v) is 7.22. The van der Waals surface area contributed by atoms with Crippen LogP contribution in [-0.2, 0) is 14.3 Å². The lowest BCUT2D eigenvalue weighted by Crippen LogP contribution is -2.46. The molecule has 148 valence electrons. The second kappa shape index (κ2) is 9.80. The van der Waals surface area contributed by atoms with Crippen LogP contribution in [0.4, 0.5) is 4.39 Å². The van der Waals surface area contributed by atoms with E-state index in [1.165, 1.54) is 12.1 Å². The summed E-state index contributed by atoms with van der Waals surface area (Å²) in [6.07, 6.45) is 3.98. The molecule has 1 aromatic carbocycles. The van der Waals surface area contributed by atoms with Crippen LogP contribution >= 0.6 is 0 Å². The van der Waals surface area contributed by atoms with Crippen molar-refractivity contribution >= 4 is 11.8 Å². The Labute approximate surface area is 159 Å². The molecular formula is C20H28FN3O3. The highest BCUT2D eigenvalue weighted by Gasteiger charge is 2.25. The van der Waals surface area contributed by atoms with E-state index < -0.39 is 0 Å². The second-order valence-electron chi connectivity index (χ2n) is 7.22. The first-order valence-corrected chi connectivity index (χ1v) is 9.75. The number of carbonyl (C=O) groups excluding carboxylic acids is 2. The Hall–Kier alpha value is -1.99. The van der Waals surface area contributed by atoms with Gasteiger partial charge in [-0.3, -0.25) is 14.5 Å². The van der Waals surface area contributed by atoms with Gasteiger partial charge < -0.3 is 15.4 Å². The van der Waals surface area contributed by atoms with Crippen molar-refractivity contribution in [1.29, 1.82) is 0 Å². The van der Waals surface area contributed by atoms with E-state index in [-0.39, 0.29) is 36.1 Å². The third-order valence-corrected chi connectivity index (χ3v) is 5.36. The van der Waals surface area contributed by atoms with Gasteiger partial charge in [0.25, 0.3) is 0 Å². The van der Waals surface area contributed by atoms with Gasteiger partial charge in [0.15, 0.2) is 0 Å². The molecule has 1 unspecified atom stereocenters. The van der Waals surface area contributed by atoms with Gasteiger partial charge in [-0.2, -0.15) is 0 Å². The van der Waals surface area contributed by atoms with Crippen molar-refractivity contribution in [1.82, 2.24) is 15.5 Å². The van der Waals surface area contributed by atoms with E-state index in [1.54, 1.807) is 6.07 Å². The van der Waals surface area contributed by atoms with Gasteiger partial charge in [-0.15, -0.1) is 0 Å². The van der Waals surface area contributed by atoms with E-state index in [1.807, 2.05) is 6.07 Å². The Morgan fingerprint density at radius 2 is 1.93 bits per heavy atom. The van der Waals surface area contributed by atoms with Gasteiger partial charge in [0.05, 0.1) is 25.8 Å². The minimum absolute atomic E-state index is 0.0195. The molecule has 27 heavy (non-hydrogen) atoms. The Morgan fingerprint density at radius 1 is 1.19 bits per heavy atom. The summed E-state index contributed by atoms with van der Waals surface area (Å²) in [5, 5.41) is 5.62. The van der Waals surface area contributed by atoms with Crippen molar-refractivity contribution in [2.45, 2.75) is 31.7 Å². The maximum Gasteiger partial charge on any atom is 0.239 e. The highest BCUT2D eigenvalue weighted by atomic mass is 19.1. The van der Waals surface area contributed by atoms with E-state index in [9.17, 15) is 14.0 Å². The van der Waals surface area contributed by atoms with Crippen LogP contribution in [0.1, 0.15) is 37.3 Å². The third kappa shape index (κ3) is 5.74. The largest absolute Gasteiger partial charge is 0.379 e. The summed E-state index contributed by atoms with van der Waals surface area (Å²) in [5.74, 6) is -0.499. The molecule has 1 heterocycles. The highest BCUT2D eigenvalue weighted by Crippen LogP contribution is 2.24. The first kappa shape index (κ1) is 19.8. The van der Waals surface area contributed by atoms with E-state index in [4.69, 9.17) is 4.74 Å². The van der Waals surface area contributed by atoms with Gasteiger partial charge in [0, 0.05) is 25.6 Å². The molecule has 7 heteroatoms. The Morgan fingerprint density at radius 3 is 2.63 bits per heavy atom. The Bertz CT molecular complexity index is 643. The molecule has 0 spiro atoms. The van der Waals surface area contributed by atoms with E-state index in [2.05, 4.69) is 15.5 Å². The molecule has 2 aliphatic rings. The SMILES string of the molecule is O=C(CNC(=O)C1CCCC1)NCC(c1cccc(F)c1)N1CCOCC1. The van der Waals surface area contributed by atoms with Gasteiger partial charge in [-0.1, -0.05) is 25.0 Å². The number of carbonyl (C=O) groups is 2. The number of nitrogens with one attached hydrogen (secondary N) is 2. The van der Waals surface area contributed by atoms with Crippen LogP contribution in [0.25, 0.3) is 0 Å². The molecule has 3 rings (SSSR count). The van der Waals surface area contributed by atoms with Crippen LogP contribution in [0.5, 0.6) is 0 Å². The van der Waals surface area contributed by atoms with Gasteiger partial charge >= 0.3 is 0 Å².